The SMILES string of the molecule is CC(C)(C)OC(=O)CN1CCN(CC(=O)NC(CCS(=O)(=O)O)C(=O)NCCN)CCN(CC(=O)OC(C)(C)C)CCN(CC(=O)OC(C)(C)C)CC1. The van der Waals surface area contributed by atoms with Gasteiger partial charge in [0.05, 0.1) is 31.9 Å². The summed E-state index contributed by atoms with van der Waals surface area (Å²) >= 11 is 0. The maximum Gasteiger partial charge on any atom is 0.320 e. The fourth-order valence-electron chi connectivity index (χ4n) is 5.18. The molecule has 1 saturated heterocycles. The fraction of sp³-hybridized carbons (Fsp3) is 0.853. The van der Waals surface area contributed by atoms with Gasteiger partial charge < -0.3 is 30.6 Å². The molecular formula is C34H65N7O11S. The second-order valence-corrected chi connectivity index (χ2v) is 17.7. The third kappa shape index (κ3) is 24.9. The molecule has 0 spiro atoms. The predicted octanol–water partition coefficient (Wildman–Crippen LogP) is -0.929. The van der Waals surface area contributed by atoms with E-state index in [1.807, 2.05) is 14.7 Å². The number of esters is 3. The van der Waals surface area contributed by atoms with Crippen molar-refractivity contribution in [3.63, 3.8) is 0 Å². The van der Waals surface area contributed by atoms with Crippen LogP contribution in [0.15, 0.2) is 0 Å². The van der Waals surface area contributed by atoms with E-state index in [1.165, 1.54) is 0 Å². The van der Waals surface area contributed by atoms with E-state index in [1.54, 1.807) is 67.2 Å². The zero-order chi connectivity index (χ0) is 40.6. The highest BCUT2D eigenvalue weighted by atomic mass is 32.2. The van der Waals surface area contributed by atoms with Crippen molar-refractivity contribution in [1.82, 2.24) is 30.2 Å². The summed E-state index contributed by atoms with van der Waals surface area (Å²) < 4.78 is 48.9. The Kier molecular flexibility index (Phi) is 19.8. The van der Waals surface area contributed by atoms with Crippen LogP contribution in [0, 0.1) is 0 Å². The third-order valence-electron chi connectivity index (χ3n) is 7.37. The van der Waals surface area contributed by atoms with Crippen LogP contribution in [0.1, 0.15) is 68.7 Å². The van der Waals surface area contributed by atoms with Gasteiger partial charge in [0.1, 0.15) is 22.8 Å². The smallest absolute Gasteiger partial charge is 0.320 e. The van der Waals surface area contributed by atoms with Crippen molar-refractivity contribution < 1.29 is 51.2 Å². The monoisotopic (exact) mass is 779 g/mol. The van der Waals surface area contributed by atoms with Gasteiger partial charge in [0.25, 0.3) is 10.1 Å². The van der Waals surface area contributed by atoms with Crippen LogP contribution in [-0.2, 0) is 48.3 Å². The lowest BCUT2D eigenvalue weighted by molar-refractivity contribution is -0.158. The first-order valence-electron chi connectivity index (χ1n) is 18.0. The van der Waals surface area contributed by atoms with E-state index in [9.17, 15) is 36.9 Å². The lowest BCUT2D eigenvalue weighted by Crippen LogP contribution is -2.53. The second-order valence-electron chi connectivity index (χ2n) is 16.1. The number of hydrogen-bond acceptors (Lipinski definition) is 15. The van der Waals surface area contributed by atoms with Crippen LogP contribution in [0.5, 0.6) is 0 Å². The Morgan fingerprint density at radius 2 is 0.962 bits per heavy atom. The van der Waals surface area contributed by atoms with Crippen molar-refractivity contribution in [1.29, 1.82) is 0 Å². The Bertz CT molecular complexity index is 1260. The van der Waals surface area contributed by atoms with Crippen molar-refractivity contribution in [3.05, 3.63) is 0 Å². The molecule has 0 radical (unpaired) electrons. The second kappa shape index (κ2) is 21.8. The Morgan fingerprint density at radius 3 is 1.25 bits per heavy atom. The molecule has 1 unspecified atom stereocenters. The summed E-state index contributed by atoms with van der Waals surface area (Å²) in [6.45, 7) is 18.5. The summed E-state index contributed by atoms with van der Waals surface area (Å²) in [6, 6.07) is -1.26. The molecule has 0 aliphatic carbocycles. The van der Waals surface area contributed by atoms with Crippen molar-refractivity contribution >= 4 is 39.8 Å². The summed E-state index contributed by atoms with van der Waals surface area (Å²) in [5, 5.41) is 5.10. The molecular weight excluding hydrogens is 714 g/mol. The number of hydrogen-bond donors (Lipinski definition) is 4. The summed E-state index contributed by atoms with van der Waals surface area (Å²) in [6.07, 6.45) is -0.367. The van der Waals surface area contributed by atoms with Gasteiger partial charge in [-0.3, -0.25) is 48.1 Å². The van der Waals surface area contributed by atoms with Gasteiger partial charge in [-0.25, -0.2) is 0 Å². The van der Waals surface area contributed by atoms with Crippen LogP contribution in [0.25, 0.3) is 0 Å². The number of nitrogens with one attached hydrogen (secondary N) is 2. The minimum absolute atomic E-state index is 0.0122. The number of nitrogens with zero attached hydrogens (tertiary/aromatic N) is 4. The molecule has 53 heavy (non-hydrogen) atoms. The molecule has 1 atom stereocenters. The molecule has 1 fully saturated rings. The quantitative estimate of drug-likeness (QED) is 0.0894. The minimum atomic E-state index is -4.42. The molecule has 1 rings (SSSR count). The number of ether oxygens (including phenoxy) is 3. The van der Waals surface area contributed by atoms with Crippen LogP contribution in [0.4, 0.5) is 0 Å². The minimum Gasteiger partial charge on any atom is -0.459 e. The van der Waals surface area contributed by atoms with Crippen LogP contribution >= 0.6 is 0 Å². The van der Waals surface area contributed by atoms with E-state index in [0.29, 0.717) is 39.3 Å². The number of rotatable bonds is 15. The van der Waals surface area contributed by atoms with Gasteiger partial charge in [0.2, 0.25) is 11.8 Å². The normalized spacial score (nSPS) is 17.5. The Hall–Kier alpha value is -2.94. The van der Waals surface area contributed by atoms with Crippen LogP contribution < -0.4 is 16.4 Å². The average Bonchev–Trinajstić information content (AvgIpc) is 2.95. The number of carbonyl (C=O) groups excluding carboxylic acids is 5. The topological polar surface area (TPSA) is 230 Å². The summed E-state index contributed by atoms with van der Waals surface area (Å²) in [5.41, 5.74) is 3.37. The van der Waals surface area contributed by atoms with Crippen molar-refractivity contribution in [2.75, 3.05) is 97.4 Å². The zero-order valence-corrected chi connectivity index (χ0v) is 34.0. The van der Waals surface area contributed by atoms with Crippen molar-refractivity contribution in [2.45, 2.75) is 91.6 Å². The molecule has 5 N–H and O–H groups in total. The maximum atomic E-state index is 13.4. The molecule has 1 heterocycles. The van der Waals surface area contributed by atoms with E-state index < -0.39 is 68.4 Å². The van der Waals surface area contributed by atoms with Gasteiger partial charge in [-0.2, -0.15) is 8.42 Å². The van der Waals surface area contributed by atoms with Gasteiger partial charge in [-0.1, -0.05) is 0 Å². The Labute approximate surface area is 315 Å². The van der Waals surface area contributed by atoms with Gasteiger partial charge in [-0.15, -0.1) is 0 Å². The zero-order valence-electron chi connectivity index (χ0n) is 33.2. The van der Waals surface area contributed by atoms with Crippen LogP contribution in [-0.4, -0.2) is 183 Å². The first-order valence-corrected chi connectivity index (χ1v) is 19.6. The Balaban J connectivity index is 3.36. The highest BCUT2D eigenvalue weighted by Gasteiger charge is 2.27. The lowest BCUT2D eigenvalue weighted by atomic mass is 10.2. The Morgan fingerprint density at radius 1 is 0.642 bits per heavy atom. The molecule has 0 aromatic heterocycles. The number of carbonyl (C=O) groups is 5. The molecule has 1 aliphatic rings. The van der Waals surface area contributed by atoms with Gasteiger partial charge >= 0.3 is 17.9 Å². The number of amides is 2. The maximum absolute atomic E-state index is 13.4. The number of nitrogens with two attached hydrogens (primary N) is 1. The van der Waals surface area contributed by atoms with Crippen LogP contribution in [0.2, 0.25) is 0 Å². The molecule has 0 bridgehead atoms. The van der Waals surface area contributed by atoms with E-state index in [2.05, 4.69) is 10.6 Å². The highest BCUT2D eigenvalue weighted by molar-refractivity contribution is 7.85. The van der Waals surface area contributed by atoms with E-state index >= 15 is 0 Å². The van der Waals surface area contributed by atoms with E-state index in [0.717, 1.165) is 0 Å². The largest absolute Gasteiger partial charge is 0.459 e. The van der Waals surface area contributed by atoms with Crippen molar-refractivity contribution in [2.24, 2.45) is 5.73 Å². The van der Waals surface area contributed by atoms with Gasteiger partial charge in [0, 0.05) is 65.4 Å². The molecule has 18 nitrogen and oxygen atoms in total. The molecule has 0 saturated carbocycles. The van der Waals surface area contributed by atoms with Crippen LogP contribution in [0.3, 0.4) is 0 Å². The van der Waals surface area contributed by atoms with Crippen molar-refractivity contribution in [3.8, 4) is 0 Å². The molecule has 0 aromatic carbocycles. The molecule has 0 aromatic rings. The summed E-state index contributed by atoms with van der Waals surface area (Å²) in [4.78, 5) is 72.3. The van der Waals surface area contributed by atoms with Gasteiger partial charge in [-0.05, 0) is 68.7 Å². The summed E-state index contributed by atoms with van der Waals surface area (Å²) in [7, 11) is -4.42. The molecule has 308 valence electrons. The van der Waals surface area contributed by atoms with E-state index in [-0.39, 0.29) is 58.8 Å². The third-order valence-corrected chi connectivity index (χ3v) is 8.13. The predicted molar refractivity (Wildman–Crippen MR) is 198 cm³/mol. The first-order chi connectivity index (χ1) is 24.2. The standard InChI is InChI=1S/C34H65N7O11S/c1-32(2,3)50-28(43)23-39-15-13-38(22-27(42)37-26(10-21-53(47,48)49)31(46)36-12-11-35)14-16-40(24-29(44)51-33(4,5)6)18-20-41(19-17-39)25-30(45)52-34(7,8)9/h26H,10-25,35H2,1-9H3,(H,36,46)(H,37,42)(H,47,48,49). The fourth-order valence-corrected chi connectivity index (χ4v) is 5.71. The highest BCUT2D eigenvalue weighted by Crippen LogP contribution is 2.11. The first kappa shape index (κ1) is 48.1. The summed E-state index contributed by atoms with van der Waals surface area (Å²) in [5.74, 6) is -3.28. The van der Waals surface area contributed by atoms with Gasteiger partial charge in [0.15, 0.2) is 0 Å². The average molecular weight is 780 g/mol. The van der Waals surface area contributed by atoms with E-state index in [4.69, 9.17) is 19.9 Å². The lowest BCUT2D eigenvalue weighted by Gasteiger charge is -2.34. The molecule has 1 aliphatic heterocycles. The molecule has 19 heteroatoms. The molecule has 2 amide bonds.